The maximum Gasteiger partial charge on any atom is 0.151 e. The number of rotatable bonds is 1. The number of nitrogens with zero attached hydrogens (tertiary/aromatic N) is 3. The Balaban J connectivity index is 2.07. The van der Waals surface area contributed by atoms with Crippen LogP contribution in [-0.4, -0.2) is 22.4 Å². The second-order valence-electron chi connectivity index (χ2n) is 5.00. The average Bonchev–Trinajstić information content (AvgIpc) is 2.73. The predicted molar refractivity (Wildman–Crippen MR) is 71.4 cm³/mol. The lowest BCUT2D eigenvalue weighted by atomic mass is 9.86. The topological polar surface area (TPSA) is 56.2 Å². The van der Waals surface area contributed by atoms with Crippen molar-refractivity contribution in [2.24, 2.45) is 0 Å². The highest BCUT2D eigenvalue weighted by Gasteiger charge is 2.18. The quantitative estimate of drug-likeness (QED) is 0.728. The standard InChI is InChI=1S/C12H17BN4/c13-9-7-15-17-11(14)6-10(16-12(9)17)8-4-2-1-3-5-8/h6-8H,1-5,13-14H2. The summed E-state index contributed by atoms with van der Waals surface area (Å²) in [5, 5.41) is 4.23. The van der Waals surface area contributed by atoms with Gasteiger partial charge in [0.25, 0.3) is 0 Å². The Morgan fingerprint density at radius 2 is 2.06 bits per heavy atom. The summed E-state index contributed by atoms with van der Waals surface area (Å²) in [4.78, 5) is 4.74. The Bertz CT molecular complexity index is 543. The van der Waals surface area contributed by atoms with Crippen LogP contribution < -0.4 is 11.2 Å². The maximum absolute atomic E-state index is 6.04. The first kappa shape index (κ1) is 10.6. The van der Waals surface area contributed by atoms with Crippen LogP contribution in [0.1, 0.15) is 43.7 Å². The van der Waals surface area contributed by atoms with Gasteiger partial charge < -0.3 is 5.73 Å². The highest BCUT2D eigenvalue weighted by molar-refractivity contribution is 6.36. The second kappa shape index (κ2) is 4.06. The molecule has 2 aromatic rings. The molecule has 88 valence electrons. The number of nitrogen functional groups attached to an aromatic ring is 1. The summed E-state index contributed by atoms with van der Waals surface area (Å²) in [6.07, 6.45) is 8.31. The van der Waals surface area contributed by atoms with Crippen molar-refractivity contribution in [2.45, 2.75) is 38.0 Å². The fourth-order valence-electron chi connectivity index (χ4n) is 2.72. The van der Waals surface area contributed by atoms with Gasteiger partial charge in [0.2, 0.25) is 0 Å². The van der Waals surface area contributed by atoms with Gasteiger partial charge in [-0.05, 0) is 18.3 Å². The van der Waals surface area contributed by atoms with Gasteiger partial charge in [-0.15, -0.1) is 0 Å². The van der Waals surface area contributed by atoms with Crippen molar-refractivity contribution in [2.75, 3.05) is 5.73 Å². The molecule has 0 spiro atoms. The van der Waals surface area contributed by atoms with Crippen molar-refractivity contribution < 1.29 is 0 Å². The van der Waals surface area contributed by atoms with E-state index in [9.17, 15) is 0 Å². The molecule has 1 aliphatic rings. The minimum atomic E-state index is 0.588. The fraction of sp³-hybridized carbons (Fsp3) is 0.500. The molecule has 2 N–H and O–H groups in total. The van der Waals surface area contributed by atoms with Gasteiger partial charge in [0.1, 0.15) is 13.7 Å². The molecule has 1 fully saturated rings. The zero-order valence-electron chi connectivity index (χ0n) is 10.2. The average molecular weight is 228 g/mol. The maximum atomic E-state index is 6.04. The monoisotopic (exact) mass is 228 g/mol. The number of fused-ring (bicyclic) bond motifs is 1. The molecule has 0 unspecified atom stereocenters. The molecule has 0 radical (unpaired) electrons. The Morgan fingerprint density at radius 3 is 2.82 bits per heavy atom. The number of hydrogen-bond donors (Lipinski definition) is 1. The van der Waals surface area contributed by atoms with Crippen LogP contribution in [0.2, 0.25) is 0 Å². The van der Waals surface area contributed by atoms with E-state index in [0.29, 0.717) is 11.7 Å². The van der Waals surface area contributed by atoms with E-state index >= 15 is 0 Å². The van der Waals surface area contributed by atoms with Crippen molar-refractivity contribution in [3.63, 3.8) is 0 Å². The summed E-state index contributed by atoms with van der Waals surface area (Å²) in [5.74, 6) is 1.29. The van der Waals surface area contributed by atoms with Gasteiger partial charge in [-0.1, -0.05) is 19.3 Å². The molecule has 17 heavy (non-hydrogen) atoms. The van der Waals surface area contributed by atoms with E-state index in [1.165, 1.54) is 32.1 Å². The zero-order valence-corrected chi connectivity index (χ0v) is 10.2. The lowest BCUT2D eigenvalue weighted by Gasteiger charge is -2.21. The minimum Gasteiger partial charge on any atom is -0.384 e. The second-order valence-corrected chi connectivity index (χ2v) is 5.00. The van der Waals surface area contributed by atoms with Crippen molar-refractivity contribution >= 4 is 24.8 Å². The first-order valence-electron chi connectivity index (χ1n) is 6.36. The first-order chi connectivity index (χ1) is 8.25. The molecule has 3 rings (SSSR count). The summed E-state index contributed by atoms with van der Waals surface area (Å²) in [5.41, 5.74) is 9.19. The van der Waals surface area contributed by atoms with E-state index in [1.807, 2.05) is 20.1 Å². The molecule has 2 heterocycles. The van der Waals surface area contributed by atoms with Crippen molar-refractivity contribution in [3.05, 3.63) is 18.0 Å². The highest BCUT2D eigenvalue weighted by Crippen LogP contribution is 2.32. The van der Waals surface area contributed by atoms with E-state index in [2.05, 4.69) is 5.10 Å². The van der Waals surface area contributed by atoms with E-state index in [4.69, 9.17) is 10.7 Å². The van der Waals surface area contributed by atoms with Crippen LogP contribution in [0, 0.1) is 0 Å². The minimum absolute atomic E-state index is 0.588. The molecule has 1 aliphatic carbocycles. The zero-order chi connectivity index (χ0) is 11.8. The third-order valence-corrected chi connectivity index (χ3v) is 3.72. The van der Waals surface area contributed by atoms with E-state index < -0.39 is 0 Å². The lowest BCUT2D eigenvalue weighted by Crippen LogP contribution is -2.12. The smallest absolute Gasteiger partial charge is 0.151 e. The summed E-state index contributed by atoms with van der Waals surface area (Å²) in [6, 6.07) is 2.00. The van der Waals surface area contributed by atoms with E-state index in [-0.39, 0.29) is 0 Å². The first-order valence-corrected chi connectivity index (χ1v) is 6.36. The van der Waals surface area contributed by atoms with Crippen LogP contribution in [0.4, 0.5) is 5.82 Å². The summed E-state index contributed by atoms with van der Waals surface area (Å²) < 4.78 is 1.72. The van der Waals surface area contributed by atoms with Crippen LogP contribution in [0.5, 0.6) is 0 Å². The highest BCUT2D eigenvalue weighted by atomic mass is 15.3. The number of hydrogen-bond acceptors (Lipinski definition) is 3. The Labute approximate surface area is 102 Å². The van der Waals surface area contributed by atoms with Gasteiger partial charge >= 0.3 is 0 Å². The van der Waals surface area contributed by atoms with Gasteiger partial charge in [0.05, 0.1) is 0 Å². The van der Waals surface area contributed by atoms with Crippen LogP contribution in [0.15, 0.2) is 12.3 Å². The Kier molecular flexibility index (Phi) is 2.54. The molecule has 0 aliphatic heterocycles. The van der Waals surface area contributed by atoms with Crippen LogP contribution >= 0.6 is 0 Å². The van der Waals surface area contributed by atoms with Gasteiger partial charge in [0.15, 0.2) is 5.65 Å². The third-order valence-electron chi connectivity index (χ3n) is 3.72. The van der Waals surface area contributed by atoms with Gasteiger partial charge in [-0.25, -0.2) is 9.50 Å². The molecule has 1 saturated carbocycles. The normalized spacial score (nSPS) is 17.6. The van der Waals surface area contributed by atoms with Crippen molar-refractivity contribution in [1.82, 2.24) is 14.6 Å². The molecular formula is C12H17BN4. The lowest BCUT2D eigenvalue weighted by molar-refractivity contribution is 0.437. The Hall–Kier alpha value is -1.52. The summed E-state index contributed by atoms with van der Waals surface area (Å²) in [7, 11) is 2.03. The molecular weight excluding hydrogens is 211 g/mol. The van der Waals surface area contributed by atoms with E-state index in [1.54, 1.807) is 4.52 Å². The number of nitrogens with two attached hydrogens (primary N) is 1. The van der Waals surface area contributed by atoms with Gasteiger partial charge in [-0.2, -0.15) is 5.10 Å². The molecule has 5 heteroatoms. The largest absolute Gasteiger partial charge is 0.384 e. The molecule has 2 aromatic heterocycles. The molecule has 0 amide bonds. The van der Waals surface area contributed by atoms with Gasteiger partial charge in [-0.3, -0.25) is 0 Å². The molecule has 0 atom stereocenters. The SMILES string of the molecule is Bc1cnn2c(N)cc(C3CCCCC3)nc12. The molecule has 0 aromatic carbocycles. The summed E-state index contributed by atoms with van der Waals surface area (Å²) in [6.45, 7) is 0. The Morgan fingerprint density at radius 1 is 1.29 bits per heavy atom. The number of anilines is 1. The van der Waals surface area contributed by atoms with Crippen LogP contribution in [0.3, 0.4) is 0 Å². The van der Waals surface area contributed by atoms with E-state index in [0.717, 1.165) is 16.8 Å². The molecule has 0 bridgehead atoms. The van der Waals surface area contributed by atoms with Gasteiger partial charge in [0, 0.05) is 23.9 Å². The predicted octanol–water partition coefficient (Wildman–Crippen LogP) is 0.618. The molecule has 0 saturated heterocycles. The third kappa shape index (κ3) is 1.79. The molecule has 4 nitrogen and oxygen atoms in total. The fourth-order valence-corrected chi connectivity index (χ4v) is 2.72. The number of aromatic nitrogens is 3. The summed E-state index contributed by atoms with van der Waals surface area (Å²) >= 11 is 0. The van der Waals surface area contributed by atoms with Crippen LogP contribution in [-0.2, 0) is 0 Å². The van der Waals surface area contributed by atoms with Crippen molar-refractivity contribution in [1.29, 1.82) is 0 Å². The van der Waals surface area contributed by atoms with Crippen LogP contribution in [0.25, 0.3) is 5.65 Å². The van der Waals surface area contributed by atoms with Crippen molar-refractivity contribution in [3.8, 4) is 0 Å².